The van der Waals surface area contributed by atoms with Crippen LogP contribution in [0.2, 0.25) is 0 Å². The minimum Gasteiger partial charge on any atom is -0.390 e. The minimum absolute atomic E-state index is 0.00936. The molecule has 2 heterocycles. The summed E-state index contributed by atoms with van der Waals surface area (Å²) in [7, 11) is 0. The highest BCUT2D eigenvalue weighted by atomic mass is 19.4. The summed E-state index contributed by atoms with van der Waals surface area (Å²) < 4.78 is 37.3. The van der Waals surface area contributed by atoms with Gasteiger partial charge in [0.15, 0.2) is 11.8 Å². The molecule has 0 aromatic heterocycles. The molecule has 1 saturated carbocycles. The number of nitrogens with one attached hydrogen (secondary N) is 2. The molecule has 1 saturated heterocycles. The Labute approximate surface area is 138 Å². The molecule has 0 aromatic carbocycles. The van der Waals surface area contributed by atoms with Crippen LogP contribution in [0.3, 0.4) is 0 Å². The van der Waals surface area contributed by atoms with Crippen LogP contribution in [-0.2, 0) is 4.84 Å². The number of piperidine rings is 1. The topological polar surface area (TPSA) is 66.0 Å². The third-order valence-corrected chi connectivity index (χ3v) is 4.69. The summed E-state index contributed by atoms with van der Waals surface area (Å²) in [6.45, 7) is 3.14. The van der Waals surface area contributed by atoms with Gasteiger partial charge in [-0.2, -0.15) is 13.2 Å². The number of carbonyl (C=O) groups is 1. The van der Waals surface area contributed by atoms with Crippen LogP contribution in [0.4, 0.5) is 18.0 Å². The minimum atomic E-state index is -4.47. The Morgan fingerprint density at radius 3 is 2.54 bits per heavy atom. The highest BCUT2D eigenvalue weighted by Crippen LogP contribution is 2.30. The molecule has 3 aliphatic rings. The van der Waals surface area contributed by atoms with E-state index in [-0.39, 0.29) is 25.0 Å². The Bertz CT molecular complexity index is 486. The first-order valence-electron chi connectivity index (χ1n) is 8.47. The molecule has 0 spiro atoms. The van der Waals surface area contributed by atoms with Gasteiger partial charge in [-0.15, -0.1) is 0 Å². The first-order chi connectivity index (χ1) is 11.4. The van der Waals surface area contributed by atoms with Crippen molar-refractivity contribution in [2.24, 2.45) is 11.1 Å². The van der Waals surface area contributed by atoms with E-state index in [1.165, 1.54) is 19.4 Å². The summed E-state index contributed by atoms with van der Waals surface area (Å²) in [6.07, 6.45) is -1.07. The number of urea groups is 1. The van der Waals surface area contributed by atoms with E-state index in [2.05, 4.69) is 20.7 Å². The third kappa shape index (κ3) is 4.99. The fourth-order valence-electron chi connectivity index (χ4n) is 3.07. The van der Waals surface area contributed by atoms with Gasteiger partial charge in [-0.1, -0.05) is 5.16 Å². The average molecular weight is 348 g/mol. The molecule has 0 radical (unpaired) electrons. The molecule has 24 heavy (non-hydrogen) atoms. The smallest absolute Gasteiger partial charge is 0.390 e. The lowest BCUT2D eigenvalue weighted by molar-refractivity contribution is -0.0604. The molecule has 6 nitrogen and oxygen atoms in total. The number of likely N-dealkylation sites (tertiary alicyclic amines) is 1. The van der Waals surface area contributed by atoms with Gasteiger partial charge >= 0.3 is 12.2 Å². The molecule has 2 fully saturated rings. The molecule has 3 rings (SSSR count). The Kier molecular flexibility index (Phi) is 5.17. The average Bonchev–Trinajstić information content (AvgIpc) is 3.19. The number of alkyl halides is 3. The monoisotopic (exact) mass is 348 g/mol. The van der Waals surface area contributed by atoms with Crippen LogP contribution >= 0.6 is 0 Å². The molecule has 2 amide bonds. The van der Waals surface area contributed by atoms with Crippen LogP contribution in [0.1, 0.15) is 32.1 Å². The van der Waals surface area contributed by atoms with Gasteiger partial charge in [0.2, 0.25) is 0 Å². The summed E-state index contributed by atoms with van der Waals surface area (Å²) in [6, 6.07) is -0.244. The summed E-state index contributed by atoms with van der Waals surface area (Å²) in [5.74, 6) is 0.869. The van der Waals surface area contributed by atoms with Crippen LogP contribution in [-0.4, -0.2) is 61.1 Å². The zero-order valence-electron chi connectivity index (χ0n) is 13.4. The molecule has 1 aliphatic carbocycles. The highest BCUT2D eigenvalue weighted by molar-refractivity contribution is 5.90. The van der Waals surface area contributed by atoms with Crippen molar-refractivity contribution in [2.45, 2.75) is 50.4 Å². The number of hydrogen-bond acceptors (Lipinski definition) is 4. The van der Waals surface area contributed by atoms with Gasteiger partial charge in [0.1, 0.15) is 0 Å². The fraction of sp³-hybridized carbons (Fsp3) is 0.867. The third-order valence-electron chi connectivity index (χ3n) is 4.69. The zero-order chi connectivity index (χ0) is 17.2. The lowest BCUT2D eigenvalue weighted by atomic mass is 10.0. The van der Waals surface area contributed by atoms with E-state index in [0.29, 0.717) is 0 Å². The van der Waals surface area contributed by atoms with E-state index < -0.39 is 18.0 Å². The maximum Gasteiger partial charge on any atom is 0.432 e. The van der Waals surface area contributed by atoms with Crippen LogP contribution < -0.4 is 10.6 Å². The molecule has 2 aliphatic heterocycles. The van der Waals surface area contributed by atoms with Crippen LogP contribution in [0.25, 0.3) is 0 Å². The second kappa shape index (κ2) is 7.16. The van der Waals surface area contributed by atoms with Crippen molar-refractivity contribution in [3.63, 3.8) is 0 Å². The van der Waals surface area contributed by atoms with Crippen molar-refractivity contribution in [1.29, 1.82) is 0 Å². The largest absolute Gasteiger partial charge is 0.432 e. The first-order valence-corrected chi connectivity index (χ1v) is 8.47. The predicted octanol–water partition coefficient (Wildman–Crippen LogP) is 1.87. The van der Waals surface area contributed by atoms with Crippen LogP contribution in [0, 0.1) is 5.92 Å². The number of nitrogens with zero attached hydrogens (tertiary/aromatic N) is 2. The number of halogens is 3. The Morgan fingerprint density at radius 2 is 1.96 bits per heavy atom. The summed E-state index contributed by atoms with van der Waals surface area (Å²) in [5.41, 5.74) is -0.933. The van der Waals surface area contributed by atoms with Crippen molar-refractivity contribution in [3.05, 3.63) is 0 Å². The van der Waals surface area contributed by atoms with E-state index in [9.17, 15) is 18.0 Å². The molecule has 0 aromatic rings. The van der Waals surface area contributed by atoms with Gasteiger partial charge < -0.3 is 20.4 Å². The number of hydrogen-bond donors (Lipinski definition) is 2. The second-order valence-corrected chi connectivity index (χ2v) is 6.84. The SMILES string of the molecule is O=C(NCC1CC(C(F)(F)F)=NO1)NC1CCN(CC2CC2)CC1. The van der Waals surface area contributed by atoms with Gasteiger partial charge in [0.25, 0.3) is 0 Å². The van der Waals surface area contributed by atoms with Crippen molar-refractivity contribution in [1.82, 2.24) is 15.5 Å². The van der Waals surface area contributed by atoms with Crippen molar-refractivity contribution in [2.75, 3.05) is 26.2 Å². The van der Waals surface area contributed by atoms with E-state index in [1.807, 2.05) is 0 Å². The van der Waals surface area contributed by atoms with Gasteiger partial charge in [-0.25, -0.2) is 4.79 Å². The molecule has 1 atom stereocenters. The maximum absolute atomic E-state index is 12.4. The van der Waals surface area contributed by atoms with Crippen LogP contribution in [0.5, 0.6) is 0 Å². The summed E-state index contributed by atoms with van der Waals surface area (Å²) in [4.78, 5) is 19.0. The van der Waals surface area contributed by atoms with E-state index in [4.69, 9.17) is 4.84 Å². The summed E-state index contributed by atoms with van der Waals surface area (Å²) in [5, 5.41) is 8.48. The lowest BCUT2D eigenvalue weighted by Gasteiger charge is -2.32. The Hall–Kier alpha value is -1.51. The lowest BCUT2D eigenvalue weighted by Crippen LogP contribution is -2.49. The quantitative estimate of drug-likeness (QED) is 0.797. The normalized spacial score (nSPS) is 26.0. The molecule has 0 bridgehead atoms. The Balaban J connectivity index is 1.29. The van der Waals surface area contributed by atoms with Gasteiger partial charge in [0, 0.05) is 32.1 Å². The van der Waals surface area contributed by atoms with Gasteiger partial charge in [-0.05, 0) is 31.6 Å². The first kappa shape index (κ1) is 17.3. The van der Waals surface area contributed by atoms with E-state index in [0.717, 1.165) is 31.8 Å². The number of amides is 2. The number of rotatable bonds is 5. The molecule has 2 N–H and O–H groups in total. The number of oxime groups is 1. The molecular weight excluding hydrogens is 325 g/mol. The molecular formula is C15H23F3N4O2. The molecule has 136 valence electrons. The van der Waals surface area contributed by atoms with Gasteiger partial charge in [-0.3, -0.25) is 0 Å². The standard InChI is InChI=1S/C15H23F3N4O2/c16-15(17,18)13-7-12(24-21-13)8-19-14(23)20-11-3-5-22(6-4-11)9-10-1-2-10/h10-12H,1-9H2,(H2,19,20,23). The summed E-state index contributed by atoms with van der Waals surface area (Å²) >= 11 is 0. The second-order valence-electron chi connectivity index (χ2n) is 6.84. The predicted molar refractivity (Wildman–Crippen MR) is 81.7 cm³/mol. The van der Waals surface area contributed by atoms with E-state index in [1.54, 1.807) is 0 Å². The molecule has 1 unspecified atom stereocenters. The van der Waals surface area contributed by atoms with Crippen molar-refractivity contribution >= 4 is 11.7 Å². The van der Waals surface area contributed by atoms with E-state index >= 15 is 0 Å². The van der Waals surface area contributed by atoms with Crippen molar-refractivity contribution in [3.8, 4) is 0 Å². The Morgan fingerprint density at radius 1 is 1.25 bits per heavy atom. The van der Waals surface area contributed by atoms with Crippen LogP contribution in [0.15, 0.2) is 5.16 Å². The van der Waals surface area contributed by atoms with Gasteiger partial charge in [0.05, 0.1) is 6.54 Å². The molecule has 9 heteroatoms. The van der Waals surface area contributed by atoms with Crippen molar-refractivity contribution < 1.29 is 22.8 Å². The maximum atomic E-state index is 12.4. The number of carbonyl (C=O) groups excluding carboxylic acids is 1. The zero-order valence-corrected chi connectivity index (χ0v) is 13.4. The highest BCUT2D eigenvalue weighted by Gasteiger charge is 2.41. The fourth-order valence-corrected chi connectivity index (χ4v) is 3.07.